The Hall–Kier alpha value is -0.0800. The fraction of sp³-hybridized carbons (Fsp3) is 1.00. The summed E-state index contributed by atoms with van der Waals surface area (Å²) in [6, 6.07) is 5.28. The molecule has 7 saturated carbocycles. The van der Waals surface area contributed by atoms with Crippen molar-refractivity contribution in [3.63, 3.8) is 0 Å². The maximum Gasteiger partial charge on any atom is 0.0291 e. The first kappa shape index (κ1) is 30.6. The van der Waals surface area contributed by atoms with Crippen LogP contribution in [0.15, 0.2) is 0 Å². The molecule has 0 heterocycles. The molecular formula is C40H70N2. The largest absolute Gasteiger partial charge is 0.293 e. The van der Waals surface area contributed by atoms with Crippen molar-refractivity contribution >= 4 is 0 Å². The van der Waals surface area contributed by atoms with E-state index in [4.69, 9.17) is 0 Å². The fourth-order valence-corrected chi connectivity index (χ4v) is 13.3. The average molecular weight is 579 g/mol. The highest BCUT2D eigenvalue weighted by Gasteiger charge is 2.57. The zero-order valence-electron chi connectivity index (χ0n) is 28.2. The number of fused-ring (bicyclic) bond motifs is 3. The van der Waals surface area contributed by atoms with Gasteiger partial charge in [-0.15, -0.1) is 0 Å². The Bertz CT molecular complexity index is 759. The van der Waals surface area contributed by atoms with Crippen LogP contribution < -0.4 is 0 Å². The van der Waals surface area contributed by atoms with Crippen LogP contribution in [0.2, 0.25) is 0 Å². The van der Waals surface area contributed by atoms with Crippen molar-refractivity contribution in [3.05, 3.63) is 0 Å². The lowest BCUT2D eigenvalue weighted by molar-refractivity contribution is -0.153. The highest BCUT2D eigenvalue weighted by Crippen LogP contribution is 2.57. The van der Waals surface area contributed by atoms with Crippen molar-refractivity contribution in [3.8, 4) is 0 Å². The van der Waals surface area contributed by atoms with Gasteiger partial charge in [-0.25, -0.2) is 0 Å². The summed E-state index contributed by atoms with van der Waals surface area (Å²) < 4.78 is 0. The molecule has 0 aliphatic heterocycles. The minimum atomic E-state index is 0.868. The molecule has 0 aromatic heterocycles. The Balaban J connectivity index is 1.34. The summed E-state index contributed by atoms with van der Waals surface area (Å²) >= 11 is 0. The van der Waals surface area contributed by atoms with E-state index in [1.807, 2.05) is 0 Å². The van der Waals surface area contributed by atoms with Crippen LogP contribution >= 0.6 is 0 Å². The molecule has 0 N–H and O–H groups in total. The zero-order valence-corrected chi connectivity index (χ0v) is 28.2. The van der Waals surface area contributed by atoms with E-state index in [0.717, 1.165) is 71.8 Å². The lowest BCUT2D eigenvalue weighted by Crippen LogP contribution is -2.71. The fourth-order valence-electron chi connectivity index (χ4n) is 13.3. The van der Waals surface area contributed by atoms with Crippen molar-refractivity contribution < 1.29 is 0 Å². The van der Waals surface area contributed by atoms with E-state index in [9.17, 15) is 0 Å². The third-order valence-electron chi connectivity index (χ3n) is 14.9. The van der Waals surface area contributed by atoms with E-state index in [0.29, 0.717) is 0 Å². The van der Waals surface area contributed by atoms with E-state index in [1.165, 1.54) is 141 Å². The van der Waals surface area contributed by atoms with Gasteiger partial charge in [-0.3, -0.25) is 9.80 Å². The van der Waals surface area contributed by atoms with Gasteiger partial charge in [0.25, 0.3) is 0 Å². The van der Waals surface area contributed by atoms with Gasteiger partial charge in [0.1, 0.15) is 0 Å². The third-order valence-corrected chi connectivity index (χ3v) is 14.9. The Kier molecular flexibility index (Phi) is 10.3. The predicted octanol–water partition coefficient (Wildman–Crippen LogP) is 10.8. The van der Waals surface area contributed by atoms with Gasteiger partial charge in [0.05, 0.1) is 0 Å². The molecule has 0 bridgehead atoms. The average Bonchev–Trinajstić information content (AvgIpc) is 3.03. The molecule has 0 radical (unpaired) electrons. The zero-order chi connectivity index (χ0) is 28.5. The summed E-state index contributed by atoms with van der Waals surface area (Å²) in [6.07, 6.45) is 39.6. The molecule has 0 spiro atoms. The van der Waals surface area contributed by atoms with Gasteiger partial charge >= 0.3 is 0 Å². The van der Waals surface area contributed by atoms with E-state index in [-0.39, 0.29) is 0 Å². The molecule has 7 aliphatic carbocycles. The van der Waals surface area contributed by atoms with Crippen molar-refractivity contribution in [2.45, 2.75) is 217 Å². The number of nitrogens with zero attached hydrogens (tertiary/aromatic N) is 2. The topological polar surface area (TPSA) is 6.48 Å². The molecule has 0 aromatic rings. The van der Waals surface area contributed by atoms with Crippen LogP contribution in [0.1, 0.15) is 181 Å². The molecule has 10 atom stereocenters. The van der Waals surface area contributed by atoms with E-state index < -0.39 is 0 Å². The summed E-state index contributed by atoms with van der Waals surface area (Å²) in [5, 5.41) is 0. The van der Waals surface area contributed by atoms with Gasteiger partial charge in [-0.05, 0) is 113 Å². The second-order valence-corrected chi connectivity index (χ2v) is 17.5. The first-order valence-electron chi connectivity index (χ1n) is 20.2. The Labute approximate surface area is 261 Å². The molecule has 0 amide bonds. The van der Waals surface area contributed by atoms with Crippen LogP contribution in [-0.4, -0.2) is 46.1 Å². The summed E-state index contributed by atoms with van der Waals surface area (Å²) in [5.41, 5.74) is 0. The third kappa shape index (κ3) is 6.31. The minimum absolute atomic E-state index is 0.868. The van der Waals surface area contributed by atoms with Gasteiger partial charge in [0.2, 0.25) is 0 Å². The van der Waals surface area contributed by atoms with Crippen LogP contribution in [0, 0.1) is 35.5 Å². The second-order valence-electron chi connectivity index (χ2n) is 17.5. The lowest BCUT2D eigenvalue weighted by Gasteiger charge is -2.65. The highest BCUT2D eigenvalue weighted by atomic mass is 15.3. The minimum Gasteiger partial charge on any atom is -0.293 e. The predicted molar refractivity (Wildman–Crippen MR) is 179 cm³/mol. The van der Waals surface area contributed by atoms with Gasteiger partial charge in [0.15, 0.2) is 0 Å². The molecule has 7 fully saturated rings. The van der Waals surface area contributed by atoms with Crippen molar-refractivity contribution in [2.24, 2.45) is 35.5 Å². The van der Waals surface area contributed by atoms with Crippen LogP contribution in [-0.2, 0) is 0 Å². The molecule has 2 nitrogen and oxygen atoms in total. The molecule has 2 heteroatoms. The van der Waals surface area contributed by atoms with E-state index in [1.54, 1.807) is 25.7 Å². The summed E-state index contributed by atoms with van der Waals surface area (Å²) in [4.78, 5) is 6.94. The SMILES string of the molecule is CC1CCCC(N(C2CCCCC2)C2C3CCCCC3C3CCCCC3C2N(C2CCCCC2)C2CCCC(C)C2)C1. The number of hydrogen-bond donors (Lipinski definition) is 0. The normalized spacial score (nSPS) is 44.6. The van der Waals surface area contributed by atoms with Crippen LogP contribution in [0.4, 0.5) is 0 Å². The Morgan fingerprint density at radius 3 is 1.02 bits per heavy atom. The van der Waals surface area contributed by atoms with Crippen molar-refractivity contribution in [2.75, 3.05) is 0 Å². The standard InChI is InChI=1S/C40H70N2/c1-29-15-13-21-33(27-29)41(31-17-5-3-6-18-31)39-37-25-11-9-23-35(37)36-24-10-12-26-38(36)40(39)42(32-19-7-4-8-20-32)34-22-14-16-30(2)28-34/h29-40H,3-28H2,1-2H3. The lowest BCUT2D eigenvalue weighted by atomic mass is 9.53. The molecule has 42 heavy (non-hydrogen) atoms. The summed E-state index contributed by atoms with van der Waals surface area (Å²) in [6.45, 7) is 5.23. The molecule has 0 aromatic carbocycles. The van der Waals surface area contributed by atoms with Crippen molar-refractivity contribution in [1.82, 2.24) is 9.80 Å². The molecule has 240 valence electrons. The molecular weight excluding hydrogens is 508 g/mol. The van der Waals surface area contributed by atoms with Gasteiger partial charge in [-0.1, -0.05) is 104 Å². The Morgan fingerprint density at radius 1 is 0.310 bits per heavy atom. The van der Waals surface area contributed by atoms with Crippen LogP contribution in [0.3, 0.4) is 0 Å². The molecule has 7 aliphatic rings. The highest BCUT2D eigenvalue weighted by molar-refractivity contribution is 5.11. The summed E-state index contributed by atoms with van der Waals surface area (Å²) in [5.74, 6) is 5.97. The van der Waals surface area contributed by atoms with Gasteiger partial charge < -0.3 is 0 Å². The monoisotopic (exact) mass is 579 g/mol. The molecule has 7 rings (SSSR count). The maximum absolute atomic E-state index is 3.47. The van der Waals surface area contributed by atoms with E-state index >= 15 is 0 Å². The Morgan fingerprint density at radius 2 is 0.643 bits per heavy atom. The van der Waals surface area contributed by atoms with Gasteiger partial charge in [0, 0.05) is 36.3 Å². The molecule has 10 unspecified atom stereocenters. The molecule has 0 saturated heterocycles. The second kappa shape index (κ2) is 14.1. The van der Waals surface area contributed by atoms with E-state index in [2.05, 4.69) is 23.6 Å². The first-order chi connectivity index (χ1) is 20.7. The van der Waals surface area contributed by atoms with Crippen LogP contribution in [0.25, 0.3) is 0 Å². The number of hydrogen-bond acceptors (Lipinski definition) is 2. The van der Waals surface area contributed by atoms with Crippen molar-refractivity contribution in [1.29, 1.82) is 0 Å². The van der Waals surface area contributed by atoms with Gasteiger partial charge in [-0.2, -0.15) is 0 Å². The smallest absolute Gasteiger partial charge is 0.0291 e. The first-order valence-corrected chi connectivity index (χ1v) is 20.2. The quantitative estimate of drug-likeness (QED) is 0.309. The maximum atomic E-state index is 3.47. The summed E-state index contributed by atoms with van der Waals surface area (Å²) in [7, 11) is 0. The number of rotatable bonds is 6. The van der Waals surface area contributed by atoms with Crippen LogP contribution in [0.5, 0.6) is 0 Å².